The highest BCUT2D eigenvalue weighted by atomic mass is 32.3. The Bertz CT molecular complexity index is 2440. The fourth-order valence-electron chi connectivity index (χ4n) is 3.97. The summed E-state index contributed by atoms with van der Waals surface area (Å²) < 4.78 is 160. The van der Waals surface area contributed by atoms with Gasteiger partial charge in [-0.1, -0.05) is 0 Å². The number of aromatic nitrogens is 1. The van der Waals surface area contributed by atoms with E-state index in [0.717, 1.165) is 24.3 Å². The van der Waals surface area contributed by atoms with E-state index in [1.54, 1.807) is 6.92 Å². The second-order valence-corrected chi connectivity index (χ2v) is 17.7. The Morgan fingerprint density at radius 2 is 1.19 bits per heavy atom. The van der Waals surface area contributed by atoms with Crippen molar-refractivity contribution in [3.05, 3.63) is 53.6 Å². The summed E-state index contributed by atoms with van der Waals surface area (Å²) in [6.45, 7) is 1.19. The summed E-state index contributed by atoms with van der Waals surface area (Å²) in [4.78, 5) is 3.18. The van der Waals surface area contributed by atoms with Gasteiger partial charge in [-0.2, -0.15) is 43.9 Å². The number of anilines is 2. The molecule has 0 fully saturated rings. The van der Waals surface area contributed by atoms with Crippen molar-refractivity contribution in [2.75, 3.05) is 48.4 Å². The van der Waals surface area contributed by atoms with Gasteiger partial charge in [-0.3, -0.25) is 18.2 Å². The minimum Gasteiger partial charge on any atom is -0.367 e. The van der Waals surface area contributed by atoms with Gasteiger partial charge in [0.05, 0.1) is 41.0 Å². The summed E-state index contributed by atoms with van der Waals surface area (Å²) in [6, 6.07) is 7.83. The first-order valence-corrected chi connectivity index (χ1v) is 21.7. The fourth-order valence-corrected chi connectivity index (χ4v) is 6.74. The maximum atomic E-state index is 12.4. The van der Waals surface area contributed by atoms with Crippen molar-refractivity contribution in [3.8, 4) is 0 Å². The zero-order valence-corrected chi connectivity index (χ0v) is 31.3. The molecular formula is C25H31N7O16S5. The predicted molar refractivity (Wildman–Crippen MR) is 185 cm³/mol. The largest absolute Gasteiger partial charge is 0.397 e. The van der Waals surface area contributed by atoms with Crippen molar-refractivity contribution in [1.82, 2.24) is 4.98 Å². The lowest BCUT2D eigenvalue weighted by Gasteiger charge is -2.17. The molecule has 0 bridgehead atoms. The Labute approximate surface area is 303 Å². The first kappa shape index (κ1) is 43.3. The van der Waals surface area contributed by atoms with Crippen LogP contribution in [0.3, 0.4) is 0 Å². The summed E-state index contributed by atoms with van der Waals surface area (Å²) in [5.41, 5.74) is 0.333. The molecule has 0 amide bonds. The highest BCUT2D eigenvalue weighted by Gasteiger charge is 2.20. The molecule has 53 heavy (non-hydrogen) atoms. The summed E-state index contributed by atoms with van der Waals surface area (Å²) >= 11 is 0. The quantitative estimate of drug-likeness (QED) is 0.0573. The van der Waals surface area contributed by atoms with Crippen molar-refractivity contribution >= 4 is 85.3 Å². The van der Waals surface area contributed by atoms with Gasteiger partial charge in [0.1, 0.15) is 22.1 Å². The van der Waals surface area contributed by atoms with Crippen LogP contribution in [-0.2, 0) is 59.2 Å². The van der Waals surface area contributed by atoms with Gasteiger partial charge in [0.15, 0.2) is 15.7 Å². The predicted octanol–water partition coefficient (Wildman–Crippen LogP) is 2.90. The number of rotatable bonds is 19. The van der Waals surface area contributed by atoms with Crippen LogP contribution < -0.4 is 10.6 Å². The van der Waals surface area contributed by atoms with Crippen LogP contribution in [0.15, 0.2) is 72.7 Å². The molecule has 0 saturated heterocycles. The topological polar surface area (TPSA) is 356 Å². The van der Waals surface area contributed by atoms with Gasteiger partial charge >= 0.3 is 20.8 Å². The minimum atomic E-state index is -4.97. The average Bonchev–Trinajstić information content (AvgIpc) is 3.02. The fraction of sp³-hybridized carbons (Fsp3) is 0.320. The summed E-state index contributed by atoms with van der Waals surface area (Å²) in [5, 5.41) is 21.3. The molecule has 2 aromatic carbocycles. The van der Waals surface area contributed by atoms with Gasteiger partial charge in [0.25, 0.3) is 20.2 Å². The normalized spacial score (nSPS) is 13.2. The van der Waals surface area contributed by atoms with Crippen LogP contribution in [-0.4, -0.2) is 103 Å². The van der Waals surface area contributed by atoms with E-state index in [0.29, 0.717) is 11.1 Å². The third-order valence-electron chi connectivity index (χ3n) is 6.57. The second kappa shape index (κ2) is 17.4. The van der Waals surface area contributed by atoms with E-state index in [9.17, 15) is 46.6 Å². The Morgan fingerprint density at radius 3 is 1.77 bits per heavy atom. The third kappa shape index (κ3) is 14.3. The molecule has 23 nitrogen and oxygen atoms in total. The van der Waals surface area contributed by atoms with Crippen LogP contribution in [0.4, 0.5) is 34.4 Å². The van der Waals surface area contributed by atoms with Crippen LogP contribution in [0.2, 0.25) is 0 Å². The van der Waals surface area contributed by atoms with Crippen molar-refractivity contribution in [2.24, 2.45) is 20.5 Å². The zero-order valence-electron chi connectivity index (χ0n) is 27.2. The number of sulfone groups is 1. The van der Waals surface area contributed by atoms with E-state index in [2.05, 4.69) is 44.4 Å². The molecule has 0 aliphatic carbocycles. The maximum Gasteiger partial charge on any atom is 0.397 e. The first-order valence-electron chi connectivity index (χ1n) is 14.3. The van der Waals surface area contributed by atoms with E-state index < -0.39 is 91.1 Å². The summed E-state index contributed by atoms with van der Waals surface area (Å²) in [5.74, 6) is -1.39. The number of hydrogen-bond donors (Lipinski definition) is 6. The van der Waals surface area contributed by atoms with E-state index in [4.69, 9.17) is 13.7 Å². The van der Waals surface area contributed by atoms with Crippen LogP contribution in [0, 0.1) is 13.8 Å². The van der Waals surface area contributed by atoms with Gasteiger partial charge in [-0.15, -0.1) is 10.2 Å². The highest BCUT2D eigenvalue weighted by Crippen LogP contribution is 2.36. The highest BCUT2D eigenvalue weighted by molar-refractivity contribution is 7.91. The molecule has 0 aliphatic heterocycles. The monoisotopic (exact) mass is 845 g/mol. The van der Waals surface area contributed by atoms with Gasteiger partial charge < -0.3 is 10.6 Å². The van der Waals surface area contributed by atoms with E-state index in [1.807, 2.05) is 0 Å². The number of nitrogens with one attached hydrogen (secondary N) is 2. The first-order chi connectivity index (χ1) is 24.3. The van der Waals surface area contributed by atoms with Crippen LogP contribution >= 0.6 is 0 Å². The van der Waals surface area contributed by atoms with Gasteiger partial charge in [0, 0.05) is 13.1 Å². The van der Waals surface area contributed by atoms with Crippen LogP contribution in [0.1, 0.15) is 11.1 Å². The molecule has 0 radical (unpaired) electrons. The molecular weight excluding hydrogens is 815 g/mol. The number of azo groups is 2. The molecule has 6 N–H and O–H groups in total. The minimum absolute atomic E-state index is 0.0484. The van der Waals surface area contributed by atoms with Crippen molar-refractivity contribution in [2.45, 2.75) is 23.6 Å². The molecule has 28 heteroatoms. The Hall–Kier alpha value is -4.10. The van der Waals surface area contributed by atoms with E-state index >= 15 is 0 Å². The number of hydrogen-bond acceptors (Lipinski definition) is 19. The smallest absolute Gasteiger partial charge is 0.367 e. The van der Waals surface area contributed by atoms with E-state index in [-0.39, 0.29) is 41.8 Å². The van der Waals surface area contributed by atoms with Gasteiger partial charge in [-0.05, 0) is 67.4 Å². The summed E-state index contributed by atoms with van der Waals surface area (Å²) in [7, 11) is -23.0. The standard InChI is InChI=1S/C25H31N7O16S5/c1-16-17(2)24(26-9-11-47-52(41,42)43)28-25(27-10-13-49(33,34)14-12-48-53(44,45)46)23(16)32-31-21-8-5-19(15-22(21)51(38,39)40)30-29-18-3-6-20(7-4-18)50(35,36)37/h3-8,15H,9-14H2,1-2H3,(H2,26,27,28)(H,35,36,37)(H,38,39,40)(H,41,42,43)(H,44,45,46). The zero-order chi connectivity index (χ0) is 39.8. The molecule has 0 unspecified atom stereocenters. The Morgan fingerprint density at radius 1 is 0.623 bits per heavy atom. The molecule has 0 aliphatic rings. The van der Waals surface area contributed by atoms with Crippen LogP contribution in [0.5, 0.6) is 0 Å². The number of nitrogens with zero attached hydrogens (tertiary/aromatic N) is 5. The lowest BCUT2D eigenvalue weighted by atomic mass is 10.1. The molecule has 3 rings (SSSR count). The third-order valence-corrected chi connectivity index (χ3v) is 10.9. The molecule has 1 aromatic heterocycles. The van der Waals surface area contributed by atoms with Crippen molar-refractivity contribution in [1.29, 1.82) is 0 Å². The van der Waals surface area contributed by atoms with E-state index in [1.165, 1.54) is 25.1 Å². The lowest BCUT2D eigenvalue weighted by Crippen LogP contribution is -2.22. The Kier molecular flexibility index (Phi) is 14.2. The molecule has 0 saturated carbocycles. The van der Waals surface area contributed by atoms with Gasteiger partial charge in [-0.25, -0.2) is 21.8 Å². The summed E-state index contributed by atoms with van der Waals surface area (Å²) in [6.07, 6.45) is 0. The van der Waals surface area contributed by atoms with Crippen molar-refractivity contribution < 1.29 is 68.7 Å². The Balaban J connectivity index is 1.96. The van der Waals surface area contributed by atoms with Crippen LogP contribution in [0.25, 0.3) is 0 Å². The lowest BCUT2D eigenvalue weighted by molar-refractivity contribution is 0.278. The number of benzene rings is 2. The molecule has 1 heterocycles. The number of pyridine rings is 1. The van der Waals surface area contributed by atoms with Gasteiger partial charge in [0.2, 0.25) is 0 Å². The molecule has 0 spiro atoms. The molecule has 292 valence electrons. The SMILES string of the molecule is Cc1c(NCCOS(=O)(=O)O)nc(NCCS(=O)(=O)CCOS(=O)(=O)O)c(N=Nc2ccc(N=Nc3ccc(S(=O)(=O)O)cc3)cc2S(=O)(=O)O)c1C. The molecule has 0 atom stereocenters. The second-order valence-electron chi connectivity index (χ2n) is 10.4. The van der Waals surface area contributed by atoms with Crippen molar-refractivity contribution in [3.63, 3.8) is 0 Å². The molecule has 3 aromatic rings. The average molecular weight is 846 g/mol. The maximum absolute atomic E-state index is 12.4.